The molecule has 34 heavy (non-hydrogen) atoms. The minimum absolute atomic E-state index is 0. The van der Waals surface area contributed by atoms with Gasteiger partial charge in [0, 0.05) is 13.1 Å². The van der Waals surface area contributed by atoms with Gasteiger partial charge in [0.15, 0.2) is 0 Å². The van der Waals surface area contributed by atoms with Crippen LogP contribution in [0, 0.1) is 0 Å². The predicted octanol–water partition coefficient (Wildman–Crippen LogP) is -1.80. The number of carboxylic acids is 4. The quantitative estimate of drug-likeness (QED) is 0.148. The van der Waals surface area contributed by atoms with Gasteiger partial charge in [-0.1, -0.05) is 0 Å². The minimum atomic E-state index is -1.23. The zero-order valence-electron chi connectivity index (χ0n) is 17.3. The second-order valence-corrected chi connectivity index (χ2v) is 6.26. The van der Waals surface area contributed by atoms with E-state index < -0.39 is 50.1 Å². The Bertz CT molecular complexity index is 723. The molecule has 0 saturated heterocycles. The molecule has 0 atom stereocenters. The van der Waals surface area contributed by atoms with Crippen molar-refractivity contribution in [2.75, 3.05) is 45.9 Å². The number of esters is 1. The second kappa shape index (κ2) is 20.6. The summed E-state index contributed by atoms with van der Waals surface area (Å²) >= 11 is 0. The summed E-state index contributed by atoms with van der Waals surface area (Å²) in [5.41, 5.74) is 0.453. The van der Waals surface area contributed by atoms with Crippen LogP contribution in [-0.4, -0.2) is 170 Å². The van der Waals surface area contributed by atoms with E-state index in [0.29, 0.717) is 12.2 Å². The second-order valence-electron chi connectivity index (χ2n) is 6.26. The number of phenols is 1. The third-order valence-corrected chi connectivity index (χ3v) is 3.55. The van der Waals surface area contributed by atoms with E-state index in [2.05, 4.69) is 0 Å². The number of hydrogen-bond donors (Lipinski definition) is 5. The first-order valence-electron chi connectivity index (χ1n) is 9.22. The summed E-state index contributed by atoms with van der Waals surface area (Å²) in [6.07, 6.45) is 0. The molecule has 182 valence electrons. The fraction of sp³-hybridized carbons (Fsp3) is 0.421. The summed E-state index contributed by atoms with van der Waals surface area (Å²) in [5.74, 6) is -5.13. The van der Waals surface area contributed by atoms with Gasteiger partial charge in [0.05, 0.1) is 38.3 Å². The van der Waals surface area contributed by atoms with Gasteiger partial charge in [-0.15, -0.1) is 0 Å². The number of hydrogen-bond acceptors (Lipinski definition) is 9. The van der Waals surface area contributed by atoms with Crippen LogP contribution in [0.3, 0.4) is 0 Å². The van der Waals surface area contributed by atoms with Crippen molar-refractivity contribution in [1.29, 1.82) is 0 Å². The van der Waals surface area contributed by atoms with Crippen molar-refractivity contribution in [2.45, 2.75) is 6.92 Å². The zero-order chi connectivity index (χ0) is 24.7. The number of ether oxygens (including phenoxy) is 1. The molecule has 0 radical (unpaired) electrons. The van der Waals surface area contributed by atoms with E-state index in [4.69, 9.17) is 30.3 Å². The molecule has 0 heterocycles. The van der Waals surface area contributed by atoms with E-state index in [0.717, 1.165) is 9.80 Å². The van der Waals surface area contributed by atoms with Crippen LogP contribution >= 0.6 is 0 Å². The van der Waals surface area contributed by atoms with Crippen molar-refractivity contribution in [1.82, 2.24) is 9.80 Å². The Kier molecular flexibility index (Phi) is 22.4. The Morgan fingerprint density at radius 3 is 1.29 bits per heavy atom. The first kappa shape index (κ1) is 36.9. The summed E-state index contributed by atoms with van der Waals surface area (Å²) in [6.45, 7) is -0.141. The van der Waals surface area contributed by atoms with E-state index >= 15 is 0 Å². The molecular formula is C19H28N2Na2O11. The van der Waals surface area contributed by atoms with Crippen LogP contribution < -0.4 is 0 Å². The number of phenolic OH excluding ortho intramolecular Hbond substituents is 1. The van der Waals surface area contributed by atoms with E-state index in [9.17, 15) is 24.0 Å². The number of benzene rings is 1. The summed E-state index contributed by atoms with van der Waals surface area (Å²) < 4.78 is 4.75. The Morgan fingerprint density at radius 2 is 1.03 bits per heavy atom. The first-order chi connectivity index (χ1) is 14.9. The van der Waals surface area contributed by atoms with Crippen molar-refractivity contribution in [3.05, 3.63) is 29.8 Å². The summed E-state index contributed by atoms with van der Waals surface area (Å²) in [6, 6.07) is 5.94. The standard InChI is InChI=1S/C10H16N2O8.C9H10O3.2Na.2H/c13-7(14)3-11(4-8(15)16)1-2-12(5-9(17)18)6-10(19)20;1-2-12-9(11)7-3-5-8(10)6-4-7;;;;/h1-6H2,(H,13,14)(H,15,16)(H,17,18)(H,19,20);3-6,10H,2H2,1H3;;;;. The van der Waals surface area contributed by atoms with Gasteiger partial charge in [-0.05, 0) is 31.2 Å². The molecule has 0 aliphatic rings. The summed E-state index contributed by atoms with van der Waals surface area (Å²) in [7, 11) is 0. The molecule has 15 heteroatoms. The van der Waals surface area contributed by atoms with Gasteiger partial charge >= 0.3 is 89.0 Å². The van der Waals surface area contributed by atoms with Gasteiger partial charge in [-0.25, -0.2) is 4.79 Å². The molecule has 0 aromatic heterocycles. The maximum absolute atomic E-state index is 11.1. The van der Waals surface area contributed by atoms with Crippen LogP contribution in [0.2, 0.25) is 0 Å². The van der Waals surface area contributed by atoms with Crippen molar-refractivity contribution in [3.8, 4) is 5.75 Å². The van der Waals surface area contributed by atoms with Crippen molar-refractivity contribution < 1.29 is 54.2 Å². The fourth-order valence-electron chi connectivity index (χ4n) is 2.29. The monoisotopic (exact) mass is 506 g/mol. The van der Waals surface area contributed by atoms with E-state index in [-0.39, 0.29) is 83.9 Å². The molecule has 0 spiro atoms. The molecule has 0 aliphatic heterocycles. The van der Waals surface area contributed by atoms with Crippen molar-refractivity contribution in [2.24, 2.45) is 0 Å². The Balaban J connectivity index is -0.000000590. The van der Waals surface area contributed by atoms with Crippen LogP contribution in [0.25, 0.3) is 0 Å². The molecule has 13 nitrogen and oxygen atoms in total. The van der Waals surface area contributed by atoms with Crippen LogP contribution in [-0.2, 0) is 23.9 Å². The van der Waals surface area contributed by atoms with E-state index in [1.54, 1.807) is 6.92 Å². The van der Waals surface area contributed by atoms with Crippen LogP contribution in [0.4, 0.5) is 0 Å². The van der Waals surface area contributed by atoms with Gasteiger partial charge in [0.2, 0.25) is 0 Å². The van der Waals surface area contributed by atoms with Crippen LogP contribution in [0.5, 0.6) is 5.75 Å². The van der Waals surface area contributed by atoms with E-state index in [1.165, 1.54) is 24.3 Å². The van der Waals surface area contributed by atoms with Crippen LogP contribution in [0.15, 0.2) is 24.3 Å². The summed E-state index contributed by atoms with van der Waals surface area (Å²) in [5, 5.41) is 43.4. The average molecular weight is 506 g/mol. The number of rotatable bonds is 13. The molecule has 5 N–H and O–H groups in total. The molecule has 0 bridgehead atoms. The zero-order valence-corrected chi connectivity index (χ0v) is 17.3. The first-order valence-corrected chi connectivity index (χ1v) is 9.22. The molecular weight excluding hydrogens is 478 g/mol. The van der Waals surface area contributed by atoms with Gasteiger partial charge in [0.1, 0.15) is 5.75 Å². The van der Waals surface area contributed by atoms with Gasteiger partial charge in [-0.2, -0.15) is 0 Å². The molecule has 0 fully saturated rings. The van der Waals surface area contributed by atoms with Crippen LogP contribution in [0.1, 0.15) is 17.3 Å². The number of nitrogens with zero attached hydrogens (tertiary/aromatic N) is 2. The third kappa shape index (κ3) is 19.7. The predicted molar refractivity (Wildman–Crippen MR) is 122 cm³/mol. The SMILES string of the molecule is CCOC(=O)c1ccc(O)cc1.O=C(O)CN(CCN(CC(=O)O)CC(=O)O)CC(=O)O.[NaH].[NaH]. The Labute approximate surface area is 239 Å². The molecule has 0 unspecified atom stereocenters. The van der Waals surface area contributed by atoms with Crippen molar-refractivity contribution >= 4 is 89.0 Å². The Morgan fingerprint density at radius 1 is 0.706 bits per heavy atom. The normalized spacial score (nSPS) is 9.62. The maximum atomic E-state index is 11.1. The van der Waals surface area contributed by atoms with Crippen molar-refractivity contribution in [3.63, 3.8) is 0 Å². The average Bonchev–Trinajstić information content (AvgIpc) is 2.65. The number of carboxylic acid groups (broad SMARTS) is 4. The number of carbonyl (C=O) groups excluding carboxylic acids is 1. The van der Waals surface area contributed by atoms with Gasteiger partial charge < -0.3 is 30.3 Å². The number of carbonyl (C=O) groups is 5. The Hall–Kier alpha value is -1.71. The van der Waals surface area contributed by atoms with E-state index in [1.807, 2.05) is 0 Å². The molecule has 0 saturated carbocycles. The summed E-state index contributed by atoms with van der Waals surface area (Å²) in [4.78, 5) is 55.4. The van der Waals surface area contributed by atoms with Gasteiger partial charge in [-0.3, -0.25) is 29.0 Å². The van der Waals surface area contributed by atoms with Gasteiger partial charge in [0.25, 0.3) is 0 Å². The number of aliphatic carboxylic acids is 4. The molecule has 0 amide bonds. The fourth-order valence-corrected chi connectivity index (χ4v) is 2.29. The molecule has 1 aromatic carbocycles. The molecule has 1 aromatic rings. The third-order valence-electron chi connectivity index (χ3n) is 3.55. The number of aromatic hydroxyl groups is 1. The molecule has 1 rings (SSSR count). The topological polar surface area (TPSA) is 202 Å². The molecule has 0 aliphatic carbocycles.